The van der Waals surface area contributed by atoms with Crippen LogP contribution in [-0.2, 0) is 19.1 Å². The highest BCUT2D eigenvalue weighted by Gasteiger charge is 2.76. The number of fused-ring (bicyclic) bond motifs is 7. The molecule has 0 aliphatic heterocycles. The van der Waals surface area contributed by atoms with Gasteiger partial charge < -0.3 is 29.9 Å². The second-order valence-electron chi connectivity index (χ2n) is 18.0. The summed E-state index contributed by atoms with van der Waals surface area (Å²) in [6.07, 6.45) is 4.81. The Kier molecular flexibility index (Phi) is 9.36. The first-order chi connectivity index (χ1) is 22.2. The number of rotatable bonds is 5. The van der Waals surface area contributed by atoms with Gasteiger partial charge in [-0.05, 0) is 100 Å². The monoisotopic (exact) mass is 670 g/mol. The number of allylic oxidation sites excluding steroid dienone is 3. The lowest BCUT2D eigenvalue weighted by Gasteiger charge is -2.73. The van der Waals surface area contributed by atoms with E-state index in [9.17, 15) is 30.0 Å². The zero-order valence-corrected chi connectivity index (χ0v) is 31.2. The molecule has 0 unspecified atom stereocenters. The van der Waals surface area contributed by atoms with E-state index in [-0.39, 0.29) is 22.9 Å². The number of hydrogen-bond acceptors (Lipinski definition) is 8. The second kappa shape index (κ2) is 12.1. The van der Waals surface area contributed by atoms with Crippen LogP contribution in [0.15, 0.2) is 34.9 Å². The quantitative estimate of drug-likeness (QED) is 0.158. The molecule has 4 N–H and O–H groups in total. The van der Waals surface area contributed by atoms with Crippen molar-refractivity contribution in [2.24, 2.45) is 50.2 Å². The van der Waals surface area contributed by atoms with Gasteiger partial charge in [0.05, 0.1) is 30.3 Å². The Morgan fingerprint density at radius 3 is 1.94 bits per heavy atom. The molecule has 4 saturated carbocycles. The van der Waals surface area contributed by atoms with E-state index in [1.54, 1.807) is 39.8 Å². The van der Waals surface area contributed by atoms with Crippen molar-refractivity contribution in [2.45, 2.75) is 145 Å². The van der Waals surface area contributed by atoms with Crippen molar-refractivity contribution in [1.82, 2.24) is 0 Å². The first-order valence-electron chi connectivity index (χ1n) is 18.2. The Morgan fingerprint density at radius 1 is 0.833 bits per heavy atom. The summed E-state index contributed by atoms with van der Waals surface area (Å²) in [7, 11) is 0. The van der Waals surface area contributed by atoms with E-state index < -0.39 is 70.5 Å². The SMILES string of the molecule is C/C=C(/C)C(=O)O[C@H]1[C@H](OC(=O)/C(C)=C/C)[C@]2(CO)[C@H](O)[C@H](O)[C@]3(C)C(=CC[C@@H]4[C@@]5(C)CC[C@H](O)C(C)(C)[C@@H]5CC[C@]43C)[C@@H]2CC1(C)C. The minimum absolute atomic E-state index is 0.0746. The van der Waals surface area contributed by atoms with Crippen molar-refractivity contribution >= 4 is 11.9 Å². The fraction of sp³-hybridized carbons (Fsp3) is 0.800. The van der Waals surface area contributed by atoms with Crippen LogP contribution in [0.25, 0.3) is 0 Å². The predicted molar refractivity (Wildman–Crippen MR) is 184 cm³/mol. The van der Waals surface area contributed by atoms with E-state index >= 15 is 0 Å². The minimum atomic E-state index is -1.53. The number of esters is 2. The molecule has 0 aromatic carbocycles. The van der Waals surface area contributed by atoms with Gasteiger partial charge in [0.25, 0.3) is 0 Å². The first-order valence-corrected chi connectivity index (χ1v) is 18.2. The molecular weight excluding hydrogens is 608 g/mol. The number of ether oxygens (including phenoxy) is 2. The van der Waals surface area contributed by atoms with Crippen molar-refractivity contribution in [3.05, 3.63) is 34.9 Å². The zero-order chi connectivity index (χ0) is 36.0. The molecule has 0 saturated heterocycles. The molecule has 0 spiro atoms. The van der Waals surface area contributed by atoms with Crippen molar-refractivity contribution < 1.29 is 39.5 Å². The standard InChI is InChI=1S/C40H62O8/c1-12-22(3)33(45)47-31-32(48-34(46)23(4)13-2)40(21-41)25(20-35(31,5)6)24-14-15-27-37(9)18-17-28(42)36(7,8)26(37)16-19-38(27,10)39(24,11)29(43)30(40)44/h12-14,25-32,41-44H,15-21H2,1-11H3/b22-12-,23-13+/t25-,26-,27+,28-,29-,30+,31-,32-,37-,38+,39-,40-/m0/s1. The summed E-state index contributed by atoms with van der Waals surface area (Å²) in [5.74, 6) is -1.12. The minimum Gasteiger partial charge on any atom is -0.454 e. The summed E-state index contributed by atoms with van der Waals surface area (Å²) >= 11 is 0. The molecule has 5 aliphatic rings. The van der Waals surface area contributed by atoms with Crippen LogP contribution in [0.5, 0.6) is 0 Å². The summed E-state index contributed by atoms with van der Waals surface area (Å²) in [5.41, 5.74) is -2.06. The van der Waals surface area contributed by atoms with Gasteiger partial charge in [0.15, 0.2) is 6.10 Å². The van der Waals surface area contributed by atoms with E-state index in [1.165, 1.54) is 0 Å². The zero-order valence-electron chi connectivity index (χ0n) is 31.2. The third-order valence-electron chi connectivity index (χ3n) is 15.4. The topological polar surface area (TPSA) is 134 Å². The highest BCUT2D eigenvalue weighted by atomic mass is 16.6. The predicted octanol–water partition coefficient (Wildman–Crippen LogP) is 6.06. The largest absolute Gasteiger partial charge is 0.454 e. The normalized spacial score (nSPS) is 46.6. The van der Waals surface area contributed by atoms with Crippen LogP contribution < -0.4 is 0 Å². The van der Waals surface area contributed by atoms with E-state index in [2.05, 4.69) is 40.7 Å². The van der Waals surface area contributed by atoms with Gasteiger partial charge in [0, 0.05) is 22.0 Å². The highest BCUT2D eigenvalue weighted by molar-refractivity contribution is 5.88. The van der Waals surface area contributed by atoms with Gasteiger partial charge in [-0.25, -0.2) is 9.59 Å². The summed E-state index contributed by atoms with van der Waals surface area (Å²) in [6.45, 7) is 21.4. The van der Waals surface area contributed by atoms with E-state index in [0.29, 0.717) is 23.5 Å². The number of aliphatic hydroxyl groups excluding tert-OH is 4. The van der Waals surface area contributed by atoms with Gasteiger partial charge in [0.1, 0.15) is 6.10 Å². The summed E-state index contributed by atoms with van der Waals surface area (Å²) < 4.78 is 12.4. The molecular formula is C40H62O8. The van der Waals surface area contributed by atoms with Crippen LogP contribution in [0.3, 0.4) is 0 Å². The van der Waals surface area contributed by atoms with Gasteiger partial charge in [-0.15, -0.1) is 0 Å². The first kappa shape index (κ1) is 37.3. The highest BCUT2D eigenvalue weighted by Crippen LogP contribution is 2.76. The molecule has 0 heterocycles. The van der Waals surface area contributed by atoms with Crippen LogP contribution in [0.1, 0.15) is 115 Å². The van der Waals surface area contributed by atoms with Crippen molar-refractivity contribution in [2.75, 3.05) is 6.61 Å². The van der Waals surface area contributed by atoms with Crippen LogP contribution in [0.4, 0.5) is 0 Å². The lowest BCUT2D eigenvalue weighted by Crippen LogP contribution is -2.76. The Balaban J connectivity index is 1.69. The maximum atomic E-state index is 13.5. The Labute approximate surface area is 288 Å². The molecule has 4 fully saturated rings. The lowest BCUT2D eigenvalue weighted by atomic mass is 9.32. The van der Waals surface area contributed by atoms with E-state index in [4.69, 9.17) is 9.47 Å². The summed E-state index contributed by atoms with van der Waals surface area (Å²) in [6, 6.07) is 0. The third-order valence-corrected chi connectivity index (χ3v) is 15.4. The van der Waals surface area contributed by atoms with Crippen LogP contribution >= 0.6 is 0 Å². The Morgan fingerprint density at radius 2 is 1.40 bits per heavy atom. The molecule has 48 heavy (non-hydrogen) atoms. The van der Waals surface area contributed by atoms with Crippen LogP contribution in [0.2, 0.25) is 0 Å². The molecule has 0 radical (unpaired) electrons. The number of carbonyl (C=O) groups excluding carboxylic acids is 2. The van der Waals surface area contributed by atoms with Crippen LogP contribution in [0, 0.1) is 50.2 Å². The average molecular weight is 671 g/mol. The smallest absolute Gasteiger partial charge is 0.333 e. The maximum absolute atomic E-state index is 13.5. The van der Waals surface area contributed by atoms with Crippen LogP contribution in [-0.4, -0.2) is 69.5 Å². The molecule has 270 valence electrons. The van der Waals surface area contributed by atoms with Gasteiger partial charge in [-0.1, -0.05) is 72.3 Å². The molecule has 0 aromatic heterocycles. The van der Waals surface area contributed by atoms with Gasteiger partial charge in [0.2, 0.25) is 0 Å². The lowest BCUT2D eigenvalue weighted by molar-refractivity contribution is -0.292. The molecule has 5 rings (SSSR count). The molecule has 0 aromatic rings. The number of carbonyl (C=O) groups is 2. The molecule has 0 bridgehead atoms. The number of hydrogen-bond donors (Lipinski definition) is 4. The molecule has 5 aliphatic carbocycles. The molecule has 8 heteroatoms. The van der Waals surface area contributed by atoms with Crippen molar-refractivity contribution in [1.29, 1.82) is 0 Å². The molecule has 8 nitrogen and oxygen atoms in total. The third kappa shape index (κ3) is 4.81. The maximum Gasteiger partial charge on any atom is 0.333 e. The van der Waals surface area contributed by atoms with E-state index in [0.717, 1.165) is 37.7 Å². The number of aliphatic hydroxyl groups is 4. The Bertz CT molecular complexity index is 1410. The van der Waals surface area contributed by atoms with Crippen molar-refractivity contribution in [3.8, 4) is 0 Å². The fourth-order valence-corrected chi connectivity index (χ4v) is 11.9. The summed E-state index contributed by atoms with van der Waals surface area (Å²) in [4.78, 5) is 26.8. The summed E-state index contributed by atoms with van der Waals surface area (Å²) in [5, 5.41) is 47.8. The molecule has 0 amide bonds. The van der Waals surface area contributed by atoms with Crippen molar-refractivity contribution in [3.63, 3.8) is 0 Å². The second-order valence-corrected chi connectivity index (χ2v) is 18.0. The average Bonchev–Trinajstić information content (AvgIpc) is 3.03. The van der Waals surface area contributed by atoms with Gasteiger partial charge in [-0.3, -0.25) is 0 Å². The Hall–Kier alpha value is -2.00. The van der Waals surface area contributed by atoms with E-state index in [1.807, 2.05) is 13.8 Å². The fourth-order valence-electron chi connectivity index (χ4n) is 11.9. The molecule has 12 atom stereocenters. The van der Waals surface area contributed by atoms with Gasteiger partial charge >= 0.3 is 11.9 Å². The van der Waals surface area contributed by atoms with Gasteiger partial charge in [-0.2, -0.15) is 0 Å².